The van der Waals surface area contributed by atoms with Crippen LogP contribution in [0.25, 0.3) is 0 Å². The lowest BCUT2D eigenvalue weighted by atomic mass is 9.67. The molecule has 1 atom stereocenters. The lowest BCUT2D eigenvalue weighted by Gasteiger charge is -2.46. The molecule has 0 saturated heterocycles. The Kier molecular flexibility index (Phi) is 4.63. The number of halogens is 1. The molecule has 0 saturated carbocycles. The Morgan fingerprint density at radius 1 is 1.32 bits per heavy atom. The number of hydrogen-bond donors (Lipinski definition) is 2. The van der Waals surface area contributed by atoms with Gasteiger partial charge in [-0.05, 0) is 39.0 Å². The number of rotatable bonds is 3. The molecule has 0 bridgehead atoms. The van der Waals surface area contributed by atoms with Crippen LogP contribution in [0.4, 0.5) is 10.1 Å². The molecular formula is C18H25FN4O2. The number of anilines is 1. The van der Waals surface area contributed by atoms with Crippen molar-refractivity contribution in [2.75, 3.05) is 12.4 Å². The fraction of sp³-hybridized carbons (Fsp3) is 0.500. The molecular weight excluding hydrogens is 323 g/mol. The molecule has 25 heavy (non-hydrogen) atoms. The van der Waals surface area contributed by atoms with Gasteiger partial charge in [-0.15, -0.1) is 0 Å². The highest BCUT2D eigenvalue weighted by Gasteiger charge is 2.53. The number of carbonyl (C=O) groups is 2. The van der Waals surface area contributed by atoms with Gasteiger partial charge in [0.2, 0.25) is 11.8 Å². The predicted octanol–water partition coefficient (Wildman–Crippen LogP) is 2.45. The van der Waals surface area contributed by atoms with Gasteiger partial charge < -0.3 is 11.1 Å². The minimum Gasteiger partial charge on any atom is -0.369 e. The van der Waals surface area contributed by atoms with Crippen molar-refractivity contribution in [2.45, 2.75) is 40.2 Å². The maximum atomic E-state index is 14.6. The van der Waals surface area contributed by atoms with Crippen molar-refractivity contribution in [1.82, 2.24) is 4.90 Å². The molecule has 0 radical (unpaired) electrons. The van der Waals surface area contributed by atoms with Crippen LogP contribution in [0.5, 0.6) is 0 Å². The van der Waals surface area contributed by atoms with Crippen LogP contribution in [-0.2, 0) is 15.1 Å². The molecule has 0 unspecified atom stereocenters. The van der Waals surface area contributed by atoms with Crippen LogP contribution in [0, 0.1) is 17.2 Å². The lowest BCUT2D eigenvalue weighted by Crippen LogP contribution is -2.58. The number of amides is 2. The van der Waals surface area contributed by atoms with Crippen LogP contribution >= 0.6 is 0 Å². The number of nitrogens with two attached hydrogens (primary N) is 1. The highest BCUT2D eigenvalue weighted by molar-refractivity contribution is 6.01. The average Bonchev–Trinajstić information content (AvgIpc) is 2.53. The van der Waals surface area contributed by atoms with Crippen LogP contribution in [0.2, 0.25) is 0 Å². The Bertz CT molecular complexity index is 757. The molecule has 0 aromatic heterocycles. The third-order valence-electron chi connectivity index (χ3n) is 5.02. The number of carbonyl (C=O) groups excluding carboxylic acids is 2. The normalized spacial score (nSPS) is 22.8. The minimum absolute atomic E-state index is 0.0304. The van der Waals surface area contributed by atoms with Crippen molar-refractivity contribution >= 4 is 23.5 Å². The van der Waals surface area contributed by atoms with Gasteiger partial charge >= 0.3 is 0 Å². The van der Waals surface area contributed by atoms with Gasteiger partial charge in [0.05, 0.1) is 5.41 Å². The molecule has 1 aliphatic rings. The molecule has 1 heterocycles. The fourth-order valence-electron chi connectivity index (χ4n) is 2.83. The lowest BCUT2D eigenvalue weighted by molar-refractivity contribution is -0.140. The van der Waals surface area contributed by atoms with Gasteiger partial charge in [-0.2, -0.15) is 0 Å². The molecule has 2 amide bonds. The summed E-state index contributed by atoms with van der Waals surface area (Å²) in [4.78, 5) is 30.3. The molecule has 136 valence electrons. The van der Waals surface area contributed by atoms with Crippen molar-refractivity contribution in [3.63, 3.8) is 0 Å². The monoisotopic (exact) mass is 348 g/mol. The molecule has 6 nitrogen and oxygen atoms in total. The van der Waals surface area contributed by atoms with Gasteiger partial charge in [0.25, 0.3) is 0 Å². The first-order chi connectivity index (χ1) is 11.4. The van der Waals surface area contributed by atoms with E-state index in [-0.39, 0.29) is 29.3 Å². The second-order valence-corrected chi connectivity index (χ2v) is 7.37. The van der Waals surface area contributed by atoms with E-state index in [1.165, 1.54) is 30.1 Å². The molecule has 0 fully saturated rings. The Labute approximate surface area is 147 Å². The number of nitrogens with zero attached hydrogens (tertiary/aromatic N) is 2. The summed E-state index contributed by atoms with van der Waals surface area (Å²) in [6.45, 7) is 8.63. The van der Waals surface area contributed by atoms with Crippen LogP contribution in [0.15, 0.2) is 23.2 Å². The SMILES string of the molecule is CC(C)C(=O)Nc1ccc(F)c([C@@]2(C)N=C(N)N(C)C(=O)C2(C)C)c1. The summed E-state index contributed by atoms with van der Waals surface area (Å²) >= 11 is 0. The number of guanidine groups is 1. The second kappa shape index (κ2) is 6.13. The van der Waals surface area contributed by atoms with E-state index in [2.05, 4.69) is 10.3 Å². The van der Waals surface area contributed by atoms with E-state index in [0.717, 1.165) is 0 Å². The first-order valence-electron chi connectivity index (χ1n) is 8.16. The molecule has 2 rings (SSSR count). The number of aliphatic imine (C=N–C) groups is 1. The number of benzene rings is 1. The van der Waals surface area contributed by atoms with E-state index in [4.69, 9.17) is 5.73 Å². The van der Waals surface area contributed by atoms with Gasteiger partial charge in [0.15, 0.2) is 5.96 Å². The van der Waals surface area contributed by atoms with E-state index < -0.39 is 16.8 Å². The Morgan fingerprint density at radius 3 is 2.48 bits per heavy atom. The zero-order valence-electron chi connectivity index (χ0n) is 15.5. The third kappa shape index (κ3) is 2.99. The molecule has 3 N–H and O–H groups in total. The minimum atomic E-state index is -1.21. The quantitative estimate of drug-likeness (QED) is 0.879. The van der Waals surface area contributed by atoms with Crippen molar-refractivity contribution in [1.29, 1.82) is 0 Å². The van der Waals surface area contributed by atoms with E-state index >= 15 is 0 Å². The van der Waals surface area contributed by atoms with Gasteiger partial charge in [-0.1, -0.05) is 13.8 Å². The molecule has 1 aromatic carbocycles. The molecule has 7 heteroatoms. The Hall–Kier alpha value is -2.44. The van der Waals surface area contributed by atoms with Crippen LogP contribution in [0.1, 0.15) is 40.2 Å². The van der Waals surface area contributed by atoms with Crippen molar-refractivity contribution in [3.05, 3.63) is 29.6 Å². The first-order valence-corrected chi connectivity index (χ1v) is 8.16. The van der Waals surface area contributed by atoms with Crippen LogP contribution in [-0.4, -0.2) is 29.7 Å². The summed E-state index contributed by atoms with van der Waals surface area (Å²) in [5, 5.41) is 2.74. The van der Waals surface area contributed by atoms with Crippen LogP contribution in [0.3, 0.4) is 0 Å². The maximum Gasteiger partial charge on any atom is 0.237 e. The third-order valence-corrected chi connectivity index (χ3v) is 5.02. The molecule has 0 aliphatic carbocycles. The topological polar surface area (TPSA) is 87.8 Å². The maximum absolute atomic E-state index is 14.6. The second-order valence-electron chi connectivity index (χ2n) is 7.37. The van der Waals surface area contributed by atoms with E-state index in [1.54, 1.807) is 34.6 Å². The molecule has 1 aliphatic heterocycles. The van der Waals surface area contributed by atoms with E-state index in [9.17, 15) is 14.0 Å². The van der Waals surface area contributed by atoms with Gasteiger partial charge in [0, 0.05) is 24.2 Å². The molecule has 1 aromatic rings. The first kappa shape index (κ1) is 18.9. The number of hydrogen-bond acceptors (Lipinski definition) is 4. The highest BCUT2D eigenvalue weighted by Crippen LogP contribution is 2.47. The standard InChI is InChI=1S/C18H25FN4O2/c1-10(2)14(24)21-11-7-8-13(19)12(9-11)18(5)17(3,4)15(25)23(6)16(20)22-18/h7-10H,1-6H3,(H2,20,22)(H,21,24)/t18-/m1/s1. The van der Waals surface area contributed by atoms with Gasteiger partial charge in [-0.25, -0.2) is 9.38 Å². The van der Waals surface area contributed by atoms with Gasteiger partial charge in [0.1, 0.15) is 11.4 Å². The highest BCUT2D eigenvalue weighted by atomic mass is 19.1. The van der Waals surface area contributed by atoms with Gasteiger partial charge in [-0.3, -0.25) is 14.5 Å². The predicted molar refractivity (Wildman–Crippen MR) is 95.4 cm³/mol. The van der Waals surface area contributed by atoms with E-state index in [0.29, 0.717) is 5.69 Å². The summed E-state index contributed by atoms with van der Waals surface area (Å²) < 4.78 is 14.6. The van der Waals surface area contributed by atoms with Crippen molar-refractivity contribution in [3.8, 4) is 0 Å². The zero-order chi connectivity index (χ0) is 19.2. The number of nitrogens with one attached hydrogen (secondary N) is 1. The Morgan fingerprint density at radius 2 is 1.92 bits per heavy atom. The summed E-state index contributed by atoms with van der Waals surface area (Å²) in [6.07, 6.45) is 0. The summed E-state index contributed by atoms with van der Waals surface area (Å²) in [7, 11) is 1.54. The smallest absolute Gasteiger partial charge is 0.237 e. The van der Waals surface area contributed by atoms with Crippen molar-refractivity contribution in [2.24, 2.45) is 22.1 Å². The molecule has 0 spiro atoms. The summed E-state index contributed by atoms with van der Waals surface area (Å²) in [6, 6.07) is 4.27. The van der Waals surface area contributed by atoms with E-state index in [1.807, 2.05) is 0 Å². The van der Waals surface area contributed by atoms with Crippen LogP contribution < -0.4 is 11.1 Å². The summed E-state index contributed by atoms with van der Waals surface area (Å²) in [5.41, 5.74) is 4.31. The fourth-order valence-corrected chi connectivity index (χ4v) is 2.83. The summed E-state index contributed by atoms with van der Waals surface area (Å²) in [5.74, 6) is -1.11. The largest absolute Gasteiger partial charge is 0.369 e. The van der Waals surface area contributed by atoms with Crippen molar-refractivity contribution < 1.29 is 14.0 Å². The average molecular weight is 348 g/mol. The Balaban J connectivity index is 2.59. The zero-order valence-corrected chi connectivity index (χ0v) is 15.5.